The minimum Gasteiger partial charge on any atom is -0.390 e. The molecule has 0 amide bonds. The first-order valence-electron chi connectivity index (χ1n) is 5.43. The molecule has 0 aromatic carbocycles. The van der Waals surface area contributed by atoms with Crippen molar-refractivity contribution in [3.8, 4) is 0 Å². The molecule has 2 aliphatic rings. The van der Waals surface area contributed by atoms with E-state index in [-0.39, 0.29) is 6.10 Å². The van der Waals surface area contributed by atoms with E-state index in [2.05, 4.69) is 25.7 Å². The second-order valence-corrected chi connectivity index (χ2v) is 5.48. The fourth-order valence-corrected chi connectivity index (χ4v) is 2.53. The fourth-order valence-electron chi connectivity index (χ4n) is 2.53. The molecular weight excluding hydrogens is 162 g/mol. The molecule has 13 heavy (non-hydrogen) atoms. The minimum atomic E-state index is -0.0362. The van der Waals surface area contributed by atoms with Crippen molar-refractivity contribution in [2.45, 2.75) is 45.8 Å². The van der Waals surface area contributed by atoms with Crippen LogP contribution in [-0.2, 0) is 0 Å². The number of β-amino-alcohol motifs (C(OH)–C–C–N with tert-alkyl or cyclic N) is 1. The zero-order valence-electron chi connectivity index (χ0n) is 8.95. The van der Waals surface area contributed by atoms with Crippen LogP contribution in [0.4, 0.5) is 0 Å². The second-order valence-electron chi connectivity index (χ2n) is 5.48. The lowest BCUT2D eigenvalue weighted by Gasteiger charge is -2.56. The summed E-state index contributed by atoms with van der Waals surface area (Å²) in [6, 6.07) is 0.774. The third-order valence-corrected chi connectivity index (χ3v) is 4.20. The van der Waals surface area contributed by atoms with Gasteiger partial charge in [0, 0.05) is 19.1 Å². The predicted octanol–water partition coefficient (Wildman–Crippen LogP) is 1.49. The average molecular weight is 183 g/mol. The molecule has 2 nitrogen and oxygen atoms in total. The monoisotopic (exact) mass is 183 g/mol. The zero-order chi connectivity index (χ0) is 9.64. The molecule has 2 rings (SSSR count). The molecule has 1 saturated carbocycles. The molecule has 0 radical (unpaired) electrons. The number of hydrogen-bond donors (Lipinski definition) is 1. The summed E-state index contributed by atoms with van der Waals surface area (Å²) in [5, 5.41) is 9.18. The van der Waals surface area contributed by atoms with E-state index in [1.165, 1.54) is 12.8 Å². The van der Waals surface area contributed by atoms with Gasteiger partial charge in [-0.1, -0.05) is 20.8 Å². The van der Waals surface area contributed by atoms with Gasteiger partial charge in [0.05, 0.1) is 6.10 Å². The van der Waals surface area contributed by atoms with Crippen molar-refractivity contribution in [2.75, 3.05) is 13.1 Å². The number of rotatable bonds is 2. The average Bonchev–Trinajstić information content (AvgIpc) is 1.92. The van der Waals surface area contributed by atoms with Gasteiger partial charge in [-0.05, 0) is 24.2 Å². The van der Waals surface area contributed by atoms with Crippen LogP contribution in [0.3, 0.4) is 0 Å². The van der Waals surface area contributed by atoms with E-state index in [0.29, 0.717) is 5.41 Å². The topological polar surface area (TPSA) is 23.5 Å². The van der Waals surface area contributed by atoms with E-state index in [0.717, 1.165) is 25.0 Å². The standard InChI is InChI=1S/C11H21NO/c1-8(2)11(3)4-9(5-11)12-6-10(13)7-12/h8-10,13H,4-7H2,1-3H3. The molecule has 2 fully saturated rings. The lowest BCUT2D eigenvalue weighted by atomic mass is 9.60. The Morgan fingerprint density at radius 2 is 1.85 bits per heavy atom. The summed E-state index contributed by atoms with van der Waals surface area (Å²) < 4.78 is 0. The van der Waals surface area contributed by atoms with E-state index in [1.54, 1.807) is 0 Å². The Morgan fingerprint density at radius 3 is 2.23 bits per heavy atom. The van der Waals surface area contributed by atoms with Gasteiger partial charge < -0.3 is 5.11 Å². The van der Waals surface area contributed by atoms with Gasteiger partial charge in [-0.25, -0.2) is 0 Å². The molecule has 1 heterocycles. The van der Waals surface area contributed by atoms with Gasteiger partial charge in [-0.3, -0.25) is 4.90 Å². The van der Waals surface area contributed by atoms with Crippen LogP contribution in [0.2, 0.25) is 0 Å². The van der Waals surface area contributed by atoms with Crippen molar-refractivity contribution in [2.24, 2.45) is 11.3 Å². The normalized spacial score (nSPS) is 41.8. The summed E-state index contributed by atoms with van der Waals surface area (Å²) in [7, 11) is 0. The van der Waals surface area contributed by atoms with Gasteiger partial charge in [0.15, 0.2) is 0 Å². The molecule has 0 aromatic heterocycles. The van der Waals surface area contributed by atoms with Crippen LogP contribution < -0.4 is 0 Å². The van der Waals surface area contributed by atoms with Crippen molar-refractivity contribution >= 4 is 0 Å². The van der Waals surface area contributed by atoms with Gasteiger partial charge in [0.25, 0.3) is 0 Å². The quantitative estimate of drug-likeness (QED) is 0.701. The Bertz CT molecular complexity index is 190. The summed E-state index contributed by atoms with van der Waals surface area (Å²) >= 11 is 0. The van der Waals surface area contributed by atoms with Gasteiger partial charge in [0.1, 0.15) is 0 Å². The summed E-state index contributed by atoms with van der Waals surface area (Å²) in [4.78, 5) is 2.43. The third kappa shape index (κ3) is 1.50. The van der Waals surface area contributed by atoms with Crippen molar-refractivity contribution in [1.29, 1.82) is 0 Å². The number of likely N-dealkylation sites (tertiary alicyclic amines) is 1. The Morgan fingerprint density at radius 1 is 1.31 bits per heavy atom. The fraction of sp³-hybridized carbons (Fsp3) is 1.00. The maximum atomic E-state index is 9.18. The first-order chi connectivity index (χ1) is 6.01. The van der Waals surface area contributed by atoms with Crippen LogP contribution in [-0.4, -0.2) is 35.2 Å². The Labute approximate surface area is 80.9 Å². The second kappa shape index (κ2) is 2.96. The summed E-state index contributed by atoms with van der Waals surface area (Å²) in [5.74, 6) is 0.801. The van der Waals surface area contributed by atoms with Gasteiger partial charge in [0.2, 0.25) is 0 Å². The molecule has 2 heteroatoms. The number of aliphatic hydroxyl groups is 1. The van der Waals surface area contributed by atoms with Gasteiger partial charge in [-0.15, -0.1) is 0 Å². The molecule has 0 unspecified atom stereocenters. The smallest absolute Gasteiger partial charge is 0.0794 e. The molecule has 0 spiro atoms. The van der Waals surface area contributed by atoms with E-state index in [1.807, 2.05) is 0 Å². The molecule has 1 N–H and O–H groups in total. The first kappa shape index (κ1) is 9.47. The zero-order valence-corrected chi connectivity index (χ0v) is 8.95. The van der Waals surface area contributed by atoms with E-state index >= 15 is 0 Å². The van der Waals surface area contributed by atoms with Gasteiger partial charge >= 0.3 is 0 Å². The SMILES string of the molecule is CC(C)C1(C)CC(N2CC(O)C2)C1. The van der Waals surface area contributed by atoms with E-state index in [4.69, 9.17) is 0 Å². The molecule has 1 saturated heterocycles. The Balaban J connectivity index is 1.78. The lowest BCUT2D eigenvalue weighted by molar-refractivity contribution is -0.0942. The maximum Gasteiger partial charge on any atom is 0.0794 e. The van der Waals surface area contributed by atoms with Crippen molar-refractivity contribution in [3.63, 3.8) is 0 Å². The van der Waals surface area contributed by atoms with Gasteiger partial charge in [-0.2, -0.15) is 0 Å². The van der Waals surface area contributed by atoms with Crippen LogP contribution in [0.25, 0.3) is 0 Å². The minimum absolute atomic E-state index is 0.0362. The van der Waals surface area contributed by atoms with E-state index < -0.39 is 0 Å². The maximum absolute atomic E-state index is 9.18. The highest BCUT2D eigenvalue weighted by atomic mass is 16.3. The Hall–Kier alpha value is -0.0800. The summed E-state index contributed by atoms with van der Waals surface area (Å²) in [6.07, 6.45) is 2.63. The lowest BCUT2D eigenvalue weighted by Crippen LogP contribution is -2.61. The van der Waals surface area contributed by atoms with Crippen LogP contribution in [0.15, 0.2) is 0 Å². The number of aliphatic hydroxyl groups excluding tert-OH is 1. The first-order valence-corrected chi connectivity index (χ1v) is 5.43. The van der Waals surface area contributed by atoms with Crippen LogP contribution in [0.1, 0.15) is 33.6 Å². The van der Waals surface area contributed by atoms with Crippen LogP contribution in [0.5, 0.6) is 0 Å². The highest BCUT2D eigenvalue weighted by molar-refractivity contribution is 5.00. The van der Waals surface area contributed by atoms with Crippen molar-refractivity contribution < 1.29 is 5.11 Å². The third-order valence-electron chi connectivity index (χ3n) is 4.20. The summed E-state index contributed by atoms with van der Waals surface area (Å²) in [5.41, 5.74) is 0.575. The van der Waals surface area contributed by atoms with E-state index in [9.17, 15) is 5.11 Å². The van der Waals surface area contributed by atoms with Crippen molar-refractivity contribution in [1.82, 2.24) is 4.90 Å². The van der Waals surface area contributed by atoms with Crippen LogP contribution in [0, 0.1) is 11.3 Å². The molecule has 0 atom stereocenters. The predicted molar refractivity (Wildman–Crippen MR) is 53.5 cm³/mol. The van der Waals surface area contributed by atoms with Crippen molar-refractivity contribution in [3.05, 3.63) is 0 Å². The molecule has 0 bridgehead atoms. The molecule has 76 valence electrons. The highest BCUT2D eigenvalue weighted by Gasteiger charge is 2.47. The largest absolute Gasteiger partial charge is 0.390 e. The molecule has 1 aliphatic heterocycles. The molecular formula is C11H21NO. The molecule has 0 aromatic rings. The summed E-state index contributed by atoms with van der Waals surface area (Å²) in [6.45, 7) is 8.87. The highest BCUT2D eigenvalue weighted by Crippen LogP contribution is 2.49. The number of hydrogen-bond acceptors (Lipinski definition) is 2. The van der Waals surface area contributed by atoms with Crippen LogP contribution >= 0.6 is 0 Å². The number of nitrogens with zero attached hydrogens (tertiary/aromatic N) is 1. The Kier molecular flexibility index (Phi) is 2.16. The molecule has 1 aliphatic carbocycles.